The van der Waals surface area contributed by atoms with Crippen LogP contribution in [0.4, 0.5) is 11.4 Å². The third kappa shape index (κ3) is 3.93. The standard InChI is InChI=1S/C22H20N4O4/c1-12-10-20(28)24-18-11-13(6-7-14(12)18)23-19(27)9-8-17-22(30)25-16-5-3-2-4-15(16)21(29)26-17/h2-7,10-11,17H,8-9H2,1H3,(H,23,27)(H,24,28)(H,25,30)(H,26,29)/t17-/m0/s1. The highest BCUT2D eigenvalue weighted by Gasteiger charge is 2.27. The number of benzene rings is 2. The summed E-state index contributed by atoms with van der Waals surface area (Å²) in [5.74, 6) is -1.02. The van der Waals surface area contributed by atoms with Crippen molar-refractivity contribution >= 4 is 40.0 Å². The molecule has 2 heterocycles. The lowest BCUT2D eigenvalue weighted by Gasteiger charge is -2.14. The average molecular weight is 404 g/mol. The molecule has 1 aliphatic heterocycles. The number of carbonyl (C=O) groups is 3. The van der Waals surface area contributed by atoms with Crippen molar-refractivity contribution in [2.75, 3.05) is 10.6 Å². The molecule has 2 aromatic carbocycles. The Kier molecular flexibility index (Phi) is 5.05. The van der Waals surface area contributed by atoms with Gasteiger partial charge < -0.3 is 20.9 Å². The zero-order valence-electron chi connectivity index (χ0n) is 16.2. The van der Waals surface area contributed by atoms with E-state index in [0.29, 0.717) is 22.5 Å². The lowest BCUT2D eigenvalue weighted by molar-refractivity contribution is -0.118. The van der Waals surface area contributed by atoms with Crippen LogP contribution in [0.2, 0.25) is 0 Å². The quantitative estimate of drug-likeness (QED) is 0.533. The smallest absolute Gasteiger partial charge is 0.254 e. The van der Waals surface area contributed by atoms with Gasteiger partial charge in [-0.1, -0.05) is 18.2 Å². The van der Waals surface area contributed by atoms with E-state index in [-0.39, 0.29) is 36.1 Å². The lowest BCUT2D eigenvalue weighted by Crippen LogP contribution is -2.41. The van der Waals surface area contributed by atoms with Gasteiger partial charge in [0, 0.05) is 23.6 Å². The molecule has 4 N–H and O–H groups in total. The zero-order valence-corrected chi connectivity index (χ0v) is 16.2. The van der Waals surface area contributed by atoms with Gasteiger partial charge in [-0.05, 0) is 43.2 Å². The Morgan fingerprint density at radius 1 is 1.07 bits per heavy atom. The fourth-order valence-electron chi connectivity index (χ4n) is 3.53. The molecule has 3 amide bonds. The van der Waals surface area contributed by atoms with E-state index < -0.39 is 6.04 Å². The number of aromatic amines is 1. The number of anilines is 2. The Bertz CT molecular complexity index is 1230. The molecular formula is C22H20N4O4. The van der Waals surface area contributed by atoms with Gasteiger partial charge in [-0.3, -0.25) is 19.2 Å². The van der Waals surface area contributed by atoms with E-state index in [1.807, 2.05) is 13.0 Å². The molecule has 0 aliphatic carbocycles. The number of carbonyl (C=O) groups excluding carboxylic acids is 3. The molecule has 8 heteroatoms. The van der Waals surface area contributed by atoms with Crippen LogP contribution >= 0.6 is 0 Å². The number of H-pyrrole nitrogens is 1. The van der Waals surface area contributed by atoms with Gasteiger partial charge in [0.25, 0.3) is 5.91 Å². The number of fused-ring (bicyclic) bond motifs is 2. The second-order valence-electron chi connectivity index (χ2n) is 7.22. The van der Waals surface area contributed by atoms with Crippen LogP contribution in [0.1, 0.15) is 28.8 Å². The van der Waals surface area contributed by atoms with E-state index in [4.69, 9.17) is 0 Å². The van der Waals surface area contributed by atoms with Crippen molar-refractivity contribution in [2.24, 2.45) is 0 Å². The summed E-state index contributed by atoms with van der Waals surface area (Å²) < 4.78 is 0. The van der Waals surface area contributed by atoms with Crippen LogP contribution in [0.15, 0.2) is 53.3 Å². The summed E-state index contributed by atoms with van der Waals surface area (Å²) in [6.07, 6.45) is 0.192. The number of amides is 3. The second-order valence-corrected chi connectivity index (χ2v) is 7.22. The number of pyridine rings is 1. The minimum atomic E-state index is -0.814. The van der Waals surface area contributed by atoms with E-state index in [2.05, 4.69) is 20.9 Å². The predicted octanol–water partition coefficient (Wildman–Crippen LogP) is 2.31. The van der Waals surface area contributed by atoms with Crippen LogP contribution in [0.25, 0.3) is 10.9 Å². The monoisotopic (exact) mass is 404 g/mol. The Hall–Kier alpha value is -3.94. The highest BCUT2D eigenvalue weighted by Crippen LogP contribution is 2.21. The van der Waals surface area contributed by atoms with Gasteiger partial charge in [0.05, 0.1) is 16.8 Å². The van der Waals surface area contributed by atoms with Crippen LogP contribution in [0.3, 0.4) is 0 Å². The second kappa shape index (κ2) is 7.82. The Morgan fingerprint density at radius 3 is 2.70 bits per heavy atom. The molecule has 1 aromatic heterocycles. The largest absolute Gasteiger partial charge is 0.340 e. The first-order valence-corrected chi connectivity index (χ1v) is 9.55. The average Bonchev–Trinajstić information content (AvgIpc) is 2.82. The SMILES string of the molecule is Cc1cc(=O)[nH]c2cc(NC(=O)CC[C@@H]3NC(=O)c4ccccc4NC3=O)ccc12. The van der Waals surface area contributed by atoms with Crippen molar-refractivity contribution in [3.05, 3.63) is 70.0 Å². The first kappa shape index (κ1) is 19.4. The third-order valence-corrected chi connectivity index (χ3v) is 5.05. The number of aryl methyl sites for hydroxylation is 1. The molecule has 4 rings (SSSR count). The summed E-state index contributed by atoms with van der Waals surface area (Å²) in [5, 5.41) is 9.05. The van der Waals surface area contributed by atoms with Crippen molar-refractivity contribution < 1.29 is 14.4 Å². The van der Waals surface area contributed by atoms with Crippen LogP contribution in [-0.4, -0.2) is 28.7 Å². The molecule has 8 nitrogen and oxygen atoms in total. The molecule has 152 valence electrons. The Morgan fingerprint density at radius 2 is 1.87 bits per heavy atom. The van der Waals surface area contributed by atoms with Crippen molar-refractivity contribution in [3.63, 3.8) is 0 Å². The molecule has 0 fully saturated rings. The summed E-state index contributed by atoms with van der Waals surface area (Å²) in [7, 11) is 0. The van der Waals surface area contributed by atoms with E-state index in [1.54, 1.807) is 36.4 Å². The molecule has 3 aromatic rings. The summed E-state index contributed by atoms with van der Waals surface area (Å²) in [5.41, 5.74) is 2.65. The molecule has 1 atom stereocenters. The van der Waals surface area contributed by atoms with E-state index in [9.17, 15) is 19.2 Å². The predicted molar refractivity (Wildman–Crippen MR) is 113 cm³/mol. The van der Waals surface area contributed by atoms with E-state index in [1.165, 1.54) is 6.07 Å². The van der Waals surface area contributed by atoms with Gasteiger partial charge in [0.15, 0.2) is 0 Å². The topological polar surface area (TPSA) is 120 Å². The molecular weight excluding hydrogens is 384 g/mol. The minimum Gasteiger partial charge on any atom is -0.340 e. The summed E-state index contributed by atoms with van der Waals surface area (Å²) >= 11 is 0. The molecule has 0 spiro atoms. The van der Waals surface area contributed by atoms with Crippen molar-refractivity contribution in [2.45, 2.75) is 25.8 Å². The van der Waals surface area contributed by atoms with Gasteiger partial charge in [-0.2, -0.15) is 0 Å². The Labute approximate surface area is 171 Å². The molecule has 0 saturated heterocycles. The Balaban J connectivity index is 1.41. The van der Waals surface area contributed by atoms with Crippen molar-refractivity contribution in [3.8, 4) is 0 Å². The van der Waals surface area contributed by atoms with Gasteiger partial charge in [0.2, 0.25) is 17.4 Å². The summed E-state index contributed by atoms with van der Waals surface area (Å²) in [6, 6.07) is 12.7. The van der Waals surface area contributed by atoms with Crippen LogP contribution < -0.4 is 21.5 Å². The maximum atomic E-state index is 12.4. The summed E-state index contributed by atoms with van der Waals surface area (Å²) in [6.45, 7) is 1.85. The molecule has 30 heavy (non-hydrogen) atoms. The molecule has 1 aliphatic rings. The number of hydrogen-bond donors (Lipinski definition) is 4. The minimum absolute atomic E-state index is 0.0388. The summed E-state index contributed by atoms with van der Waals surface area (Å²) in [4.78, 5) is 51.6. The number of nitrogens with one attached hydrogen (secondary N) is 4. The highest BCUT2D eigenvalue weighted by atomic mass is 16.2. The zero-order chi connectivity index (χ0) is 21.3. The molecule has 0 unspecified atom stereocenters. The number of aromatic nitrogens is 1. The number of para-hydroxylation sites is 1. The number of rotatable bonds is 4. The highest BCUT2D eigenvalue weighted by molar-refractivity contribution is 6.10. The maximum absolute atomic E-state index is 12.4. The van der Waals surface area contributed by atoms with Gasteiger partial charge in [-0.15, -0.1) is 0 Å². The van der Waals surface area contributed by atoms with Crippen LogP contribution in [0.5, 0.6) is 0 Å². The molecule has 0 bridgehead atoms. The van der Waals surface area contributed by atoms with Crippen LogP contribution in [-0.2, 0) is 9.59 Å². The van der Waals surface area contributed by atoms with Gasteiger partial charge in [-0.25, -0.2) is 0 Å². The van der Waals surface area contributed by atoms with E-state index >= 15 is 0 Å². The fraction of sp³-hybridized carbons (Fsp3) is 0.182. The van der Waals surface area contributed by atoms with Gasteiger partial charge >= 0.3 is 0 Å². The normalized spacial score (nSPS) is 15.7. The van der Waals surface area contributed by atoms with Gasteiger partial charge in [0.1, 0.15) is 6.04 Å². The fourth-order valence-corrected chi connectivity index (χ4v) is 3.53. The third-order valence-electron chi connectivity index (χ3n) is 5.05. The lowest BCUT2D eigenvalue weighted by atomic mass is 10.1. The van der Waals surface area contributed by atoms with Crippen molar-refractivity contribution in [1.29, 1.82) is 0 Å². The number of hydrogen-bond acceptors (Lipinski definition) is 4. The molecule has 0 radical (unpaired) electrons. The first-order chi connectivity index (χ1) is 14.4. The van der Waals surface area contributed by atoms with Crippen molar-refractivity contribution in [1.82, 2.24) is 10.3 Å². The first-order valence-electron chi connectivity index (χ1n) is 9.55. The maximum Gasteiger partial charge on any atom is 0.254 e. The molecule has 0 saturated carbocycles. The van der Waals surface area contributed by atoms with Crippen LogP contribution in [0, 0.1) is 6.92 Å². The van der Waals surface area contributed by atoms with E-state index in [0.717, 1.165) is 10.9 Å².